The molecule has 0 aromatic carbocycles. The minimum Gasteiger partial charge on any atom is -0.463 e. The lowest BCUT2D eigenvalue weighted by Crippen LogP contribution is -2.03. The minimum absolute atomic E-state index is 0.00429. The van der Waals surface area contributed by atoms with E-state index in [0.29, 0.717) is 12.2 Å². The zero-order valence-corrected chi connectivity index (χ0v) is 10.4. The van der Waals surface area contributed by atoms with Gasteiger partial charge in [-0.15, -0.1) is 0 Å². The number of hydrogen-bond acceptors (Lipinski definition) is 5. The quantitative estimate of drug-likeness (QED) is 0.853. The molecule has 0 saturated heterocycles. The summed E-state index contributed by atoms with van der Waals surface area (Å²) in [7, 11) is 0. The summed E-state index contributed by atoms with van der Waals surface area (Å²) >= 11 is 5.76. The van der Waals surface area contributed by atoms with Gasteiger partial charge in [0.25, 0.3) is 0 Å². The van der Waals surface area contributed by atoms with Crippen LogP contribution in [0, 0.1) is 5.82 Å². The molecule has 0 bridgehead atoms. The molecule has 0 saturated carbocycles. The Morgan fingerprint density at radius 1 is 1.28 bits per heavy atom. The predicted molar refractivity (Wildman–Crippen MR) is 63.8 cm³/mol. The van der Waals surface area contributed by atoms with Crippen molar-refractivity contribution in [3.63, 3.8) is 0 Å². The summed E-state index contributed by atoms with van der Waals surface area (Å²) in [6.45, 7) is 2.43. The summed E-state index contributed by atoms with van der Waals surface area (Å²) in [5.74, 6) is -0.242. The van der Waals surface area contributed by atoms with Crippen molar-refractivity contribution in [3.05, 3.63) is 29.6 Å². The number of hydrogen-bond donors (Lipinski definition) is 0. The zero-order chi connectivity index (χ0) is 13.0. The number of halogens is 2. The van der Waals surface area contributed by atoms with Gasteiger partial charge in [0.15, 0.2) is 5.82 Å². The molecule has 0 aliphatic rings. The van der Waals surface area contributed by atoms with E-state index in [9.17, 15) is 4.39 Å². The van der Waals surface area contributed by atoms with Crippen molar-refractivity contribution in [1.29, 1.82) is 0 Å². The van der Waals surface area contributed by atoms with Gasteiger partial charge in [-0.25, -0.2) is 4.39 Å². The van der Waals surface area contributed by atoms with Crippen LogP contribution in [0.5, 0.6) is 6.01 Å². The van der Waals surface area contributed by atoms with E-state index in [2.05, 4.69) is 19.9 Å². The first-order valence-corrected chi connectivity index (χ1v) is 5.72. The van der Waals surface area contributed by atoms with Crippen LogP contribution < -0.4 is 4.74 Å². The Kier molecular flexibility index (Phi) is 3.99. The van der Waals surface area contributed by atoms with Crippen molar-refractivity contribution >= 4 is 11.6 Å². The SMILES string of the molecule is CCCOc1nc(Cl)nc(-c2cncc(F)c2)n1. The summed E-state index contributed by atoms with van der Waals surface area (Å²) in [5.41, 5.74) is 0.417. The van der Waals surface area contributed by atoms with Crippen molar-refractivity contribution in [2.24, 2.45) is 0 Å². The van der Waals surface area contributed by atoms with Gasteiger partial charge in [0, 0.05) is 11.8 Å². The van der Waals surface area contributed by atoms with Crippen molar-refractivity contribution < 1.29 is 9.13 Å². The molecule has 0 spiro atoms. The monoisotopic (exact) mass is 268 g/mol. The Balaban J connectivity index is 2.35. The molecular formula is C11H10ClFN4O. The van der Waals surface area contributed by atoms with Crippen molar-refractivity contribution in [1.82, 2.24) is 19.9 Å². The van der Waals surface area contributed by atoms with E-state index in [1.165, 1.54) is 12.3 Å². The molecule has 0 N–H and O–H groups in total. The van der Waals surface area contributed by atoms with Gasteiger partial charge in [-0.05, 0) is 24.1 Å². The fraction of sp³-hybridized carbons (Fsp3) is 0.273. The lowest BCUT2D eigenvalue weighted by Gasteiger charge is -2.05. The van der Waals surface area contributed by atoms with Crippen LogP contribution in [0.15, 0.2) is 18.5 Å². The zero-order valence-electron chi connectivity index (χ0n) is 9.60. The first kappa shape index (κ1) is 12.6. The summed E-state index contributed by atoms with van der Waals surface area (Å²) in [6.07, 6.45) is 3.36. The van der Waals surface area contributed by atoms with E-state index in [4.69, 9.17) is 16.3 Å². The fourth-order valence-corrected chi connectivity index (χ4v) is 1.41. The highest BCUT2D eigenvalue weighted by molar-refractivity contribution is 6.28. The Labute approximate surface area is 108 Å². The van der Waals surface area contributed by atoms with Crippen molar-refractivity contribution in [2.45, 2.75) is 13.3 Å². The van der Waals surface area contributed by atoms with Crippen LogP contribution in [0.2, 0.25) is 5.28 Å². The molecule has 2 aromatic rings. The first-order chi connectivity index (χ1) is 8.69. The van der Waals surface area contributed by atoms with Gasteiger partial charge < -0.3 is 4.74 Å². The molecule has 5 nitrogen and oxygen atoms in total. The molecule has 0 unspecified atom stereocenters. The second-order valence-corrected chi connectivity index (χ2v) is 3.79. The average molecular weight is 269 g/mol. The molecule has 0 fully saturated rings. The van der Waals surface area contributed by atoms with Gasteiger partial charge in [0.1, 0.15) is 5.82 Å². The molecular weight excluding hydrogens is 259 g/mol. The maximum atomic E-state index is 13.1. The summed E-state index contributed by atoms with van der Waals surface area (Å²) in [5, 5.41) is -0.00429. The Bertz CT molecular complexity index is 552. The number of pyridine rings is 1. The van der Waals surface area contributed by atoms with Gasteiger partial charge in [0.05, 0.1) is 12.8 Å². The van der Waals surface area contributed by atoms with Crippen molar-refractivity contribution in [3.8, 4) is 17.4 Å². The summed E-state index contributed by atoms with van der Waals surface area (Å²) < 4.78 is 18.3. The number of ether oxygens (including phenoxy) is 1. The van der Waals surface area contributed by atoms with Gasteiger partial charge in [-0.3, -0.25) is 4.98 Å². The van der Waals surface area contributed by atoms with Crippen LogP contribution in [0.1, 0.15) is 13.3 Å². The van der Waals surface area contributed by atoms with Gasteiger partial charge in [-0.2, -0.15) is 15.0 Å². The van der Waals surface area contributed by atoms with Crippen LogP contribution in [-0.2, 0) is 0 Å². The molecule has 2 rings (SSSR count). The van der Waals surface area contributed by atoms with Crippen LogP contribution in [0.4, 0.5) is 4.39 Å². The highest BCUT2D eigenvalue weighted by Gasteiger charge is 2.09. The number of nitrogens with zero attached hydrogens (tertiary/aromatic N) is 4. The molecule has 7 heteroatoms. The van der Waals surface area contributed by atoms with Gasteiger partial charge >= 0.3 is 6.01 Å². The second-order valence-electron chi connectivity index (χ2n) is 3.45. The molecule has 0 aliphatic heterocycles. The maximum Gasteiger partial charge on any atom is 0.321 e. The lowest BCUT2D eigenvalue weighted by atomic mass is 10.3. The average Bonchev–Trinajstić information content (AvgIpc) is 2.36. The highest BCUT2D eigenvalue weighted by Crippen LogP contribution is 2.18. The van der Waals surface area contributed by atoms with Crippen LogP contribution >= 0.6 is 11.6 Å². The van der Waals surface area contributed by atoms with E-state index in [0.717, 1.165) is 12.6 Å². The van der Waals surface area contributed by atoms with E-state index >= 15 is 0 Å². The maximum absolute atomic E-state index is 13.1. The van der Waals surface area contributed by atoms with E-state index < -0.39 is 5.82 Å². The van der Waals surface area contributed by atoms with Crippen LogP contribution in [-0.4, -0.2) is 26.5 Å². The minimum atomic E-state index is -0.472. The predicted octanol–water partition coefficient (Wildman–Crippen LogP) is 2.51. The topological polar surface area (TPSA) is 60.8 Å². The Morgan fingerprint density at radius 3 is 2.83 bits per heavy atom. The third-order valence-electron chi connectivity index (χ3n) is 1.99. The summed E-state index contributed by atoms with van der Waals surface area (Å²) in [4.78, 5) is 15.5. The Hall–Kier alpha value is -1.82. The molecule has 2 aromatic heterocycles. The third kappa shape index (κ3) is 3.10. The van der Waals surface area contributed by atoms with Crippen molar-refractivity contribution in [2.75, 3.05) is 6.61 Å². The number of rotatable bonds is 4. The van der Waals surface area contributed by atoms with E-state index in [1.807, 2.05) is 6.92 Å². The molecule has 0 atom stereocenters. The highest BCUT2D eigenvalue weighted by atomic mass is 35.5. The second kappa shape index (κ2) is 5.68. The molecule has 18 heavy (non-hydrogen) atoms. The van der Waals surface area contributed by atoms with Crippen LogP contribution in [0.3, 0.4) is 0 Å². The molecule has 0 radical (unpaired) electrons. The largest absolute Gasteiger partial charge is 0.463 e. The molecule has 0 amide bonds. The van der Waals surface area contributed by atoms with E-state index in [-0.39, 0.29) is 17.1 Å². The normalized spacial score (nSPS) is 10.4. The molecule has 0 aliphatic carbocycles. The first-order valence-electron chi connectivity index (χ1n) is 5.34. The smallest absolute Gasteiger partial charge is 0.321 e. The fourth-order valence-electron chi connectivity index (χ4n) is 1.25. The molecule has 94 valence electrons. The number of aromatic nitrogens is 4. The van der Waals surface area contributed by atoms with Gasteiger partial charge in [0.2, 0.25) is 5.28 Å². The van der Waals surface area contributed by atoms with E-state index in [1.54, 1.807) is 0 Å². The van der Waals surface area contributed by atoms with Crippen LogP contribution in [0.25, 0.3) is 11.4 Å². The summed E-state index contributed by atoms with van der Waals surface area (Å²) in [6, 6.07) is 1.39. The standard InChI is InChI=1S/C11H10ClFN4O/c1-2-3-18-11-16-9(15-10(12)17-11)7-4-8(13)6-14-5-7/h4-6H,2-3H2,1H3. The lowest BCUT2D eigenvalue weighted by molar-refractivity contribution is 0.291. The van der Waals surface area contributed by atoms with Gasteiger partial charge in [-0.1, -0.05) is 6.92 Å². The Morgan fingerprint density at radius 2 is 2.11 bits per heavy atom. The molecule has 2 heterocycles. The third-order valence-corrected chi connectivity index (χ3v) is 2.15.